The van der Waals surface area contributed by atoms with E-state index in [0.29, 0.717) is 18.0 Å². The lowest BCUT2D eigenvalue weighted by molar-refractivity contribution is 0.282. The van der Waals surface area contributed by atoms with Crippen LogP contribution >= 0.6 is 0 Å². The number of hydrogen-bond acceptors (Lipinski definition) is 6. The molecule has 0 spiro atoms. The van der Waals surface area contributed by atoms with Gasteiger partial charge in [-0.3, -0.25) is 15.8 Å². The fourth-order valence-corrected chi connectivity index (χ4v) is 3.44. The van der Waals surface area contributed by atoms with Gasteiger partial charge in [-0.2, -0.15) is 9.65 Å². The van der Waals surface area contributed by atoms with Crippen molar-refractivity contribution in [3.05, 3.63) is 76.0 Å². The number of fused-ring (bicyclic) bond motifs is 1. The molecular weight excluding hydrogens is 376 g/mol. The Hall–Kier alpha value is -3.60. The second-order valence-electron chi connectivity index (χ2n) is 6.94. The molecular formula is C21H19F2N5O. The molecule has 1 aromatic carbocycles. The third kappa shape index (κ3) is 3.47. The summed E-state index contributed by atoms with van der Waals surface area (Å²) in [4.78, 5) is 6.58. The van der Waals surface area contributed by atoms with Crippen LogP contribution in [0.15, 0.2) is 53.1 Å². The Labute approximate surface area is 167 Å². The van der Waals surface area contributed by atoms with Crippen molar-refractivity contribution >= 4 is 0 Å². The number of ether oxygens (including phenoxy) is 1. The Morgan fingerprint density at radius 1 is 1.21 bits per heavy atom. The molecule has 0 saturated carbocycles. The normalized spacial score (nSPS) is 16.0. The van der Waals surface area contributed by atoms with Gasteiger partial charge in [0.25, 0.3) is 0 Å². The van der Waals surface area contributed by atoms with Crippen molar-refractivity contribution in [2.24, 2.45) is 0 Å². The van der Waals surface area contributed by atoms with E-state index < -0.39 is 11.6 Å². The summed E-state index contributed by atoms with van der Waals surface area (Å²) in [6.07, 6.45) is 2.26. The average Bonchev–Trinajstić information content (AvgIpc) is 2.73. The van der Waals surface area contributed by atoms with E-state index in [1.807, 2.05) is 13.8 Å². The predicted molar refractivity (Wildman–Crippen MR) is 102 cm³/mol. The molecule has 2 N–H and O–H groups in total. The second kappa shape index (κ2) is 7.43. The van der Waals surface area contributed by atoms with E-state index in [9.17, 15) is 14.0 Å². The van der Waals surface area contributed by atoms with Crippen molar-refractivity contribution < 1.29 is 13.5 Å². The number of nitriles is 1. The SMILES string of the molecule is CC1=C(C#N)NNC(N2CCc3ncc(Oc4cccc(F)c4F)cc3C2)=C1C. The molecule has 2 aromatic rings. The number of rotatable bonds is 3. The molecule has 0 radical (unpaired) electrons. The highest BCUT2D eigenvalue weighted by Gasteiger charge is 2.25. The van der Waals surface area contributed by atoms with Crippen LogP contribution in [0.4, 0.5) is 8.78 Å². The summed E-state index contributed by atoms with van der Waals surface area (Å²) in [5.41, 5.74) is 10.3. The van der Waals surface area contributed by atoms with Gasteiger partial charge in [0.15, 0.2) is 11.6 Å². The van der Waals surface area contributed by atoms with Crippen LogP contribution in [-0.2, 0) is 13.0 Å². The van der Waals surface area contributed by atoms with E-state index >= 15 is 0 Å². The summed E-state index contributed by atoms with van der Waals surface area (Å²) >= 11 is 0. The molecule has 148 valence electrons. The van der Waals surface area contributed by atoms with Gasteiger partial charge in [-0.15, -0.1) is 0 Å². The van der Waals surface area contributed by atoms with Crippen LogP contribution in [-0.4, -0.2) is 16.4 Å². The quantitative estimate of drug-likeness (QED) is 0.827. The molecule has 2 aliphatic rings. The van der Waals surface area contributed by atoms with Crippen molar-refractivity contribution in [2.45, 2.75) is 26.8 Å². The molecule has 0 aliphatic carbocycles. The number of hydrogen-bond donors (Lipinski definition) is 2. The van der Waals surface area contributed by atoms with Gasteiger partial charge in [0.2, 0.25) is 5.82 Å². The standard InChI is InChI=1S/C21H19F2N5O/c1-12-13(2)21(27-26-18(12)9-24)28-7-6-17-14(11-28)8-15(10-25-17)29-19-5-3-4-16(22)20(19)23/h3-5,8,10,26-27H,6-7,11H2,1-2H3. The zero-order valence-electron chi connectivity index (χ0n) is 16.0. The number of halogens is 2. The molecule has 2 aliphatic heterocycles. The van der Waals surface area contributed by atoms with Gasteiger partial charge in [0.1, 0.15) is 23.3 Å². The van der Waals surface area contributed by atoms with E-state index in [2.05, 4.69) is 26.8 Å². The van der Waals surface area contributed by atoms with E-state index in [4.69, 9.17) is 4.74 Å². The summed E-state index contributed by atoms with van der Waals surface area (Å²) in [6, 6.07) is 7.74. The molecule has 0 atom stereocenters. The van der Waals surface area contributed by atoms with Crippen LogP contribution in [0, 0.1) is 23.0 Å². The van der Waals surface area contributed by atoms with Crippen molar-refractivity contribution in [3.8, 4) is 17.6 Å². The van der Waals surface area contributed by atoms with E-state index in [1.54, 1.807) is 6.07 Å². The van der Waals surface area contributed by atoms with Crippen LogP contribution in [0.2, 0.25) is 0 Å². The van der Waals surface area contributed by atoms with E-state index in [0.717, 1.165) is 47.3 Å². The van der Waals surface area contributed by atoms with Gasteiger partial charge < -0.3 is 9.64 Å². The van der Waals surface area contributed by atoms with Gasteiger partial charge in [-0.1, -0.05) is 6.07 Å². The van der Waals surface area contributed by atoms with Crippen molar-refractivity contribution in [2.75, 3.05) is 6.54 Å². The fourth-order valence-electron chi connectivity index (χ4n) is 3.44. The summed E-state index contributed by atoms with van der Waals surface area (Å²) in [5.74, 6) is -0.923. The number of aromatic nitrogens is 1. The lowest BCUT2D eigenvalue weighted by atomic mass is 10.0. The molecule has 6 nitrogen and oxygen atoms in total. The molecule has 0 amide bonds. The zero-order chi connectivity index (χ0) is 20.5. The average molecular weight is 395 g/mol. The number of nitrogens with zero attached hydrogens (tertiary/aromatic N) is 3. The number of allylic oxidation sites excluding steroid dienone is 3. The van der Waals surface area contributed by atoms with Crippen LogP contribution in [0.3, 0.4) is 0 Å². The zero-order valence-corrected chi connectivity index (χ0v) is 16.0. The molecule has 29 heavy (non-hydrogen) atoms. The number of hydrazine groups is 1. The van der Waals surface area contributed by atoms with Crippen molar-refractivity contribution in [3.63, 3.8) is 0 Å². The summed E-state index contributed by atoms with van der Waals surface area (Å²) in [7, 11) is 0. The topological polar surface area (TPSA) is 73.2 Å². The summed E-state index contributed by atoms with van der Waals surface area (Å²) in [5, 5.41) is 9.18. The first-order valence-electron chi connectivity index (χ1n) is 9.16. The van der Waals surface area contributed by atoms with Crippen LogP contribution in [0.25, 0.3) is 0 Å². The predicted octanol–water partition coefficient (Wildman–Crippen LogP) is 3.65. The molecule has 0 bridgehead atoms. The number of nitrogens with one attached hydrogen (secondary N) is 2. The van der Waals surface area contributed by atoms with E-state index in [-0.39, 0.29) is 5.75 Å². The van der Waals surface area contributed by atoms with Gasteiger partial charge in [0.05, 0.1) is 6.20 Å². The van der Waals surface area contributed by atoms with Crippen molar-refractivity contribution in [1.29, 1.82) is 5.26 Å². The molecule has 1 aromatic heterocycles. The minimum absolute atomic E-state index is 0.180. The molecule has 4 rings (SSSR count). The second-order valence-corrected chi connectivity index (χ2v) is 6.94. The molecule has 0 fully saturated rings. The summed E-state index contributed by atoms with van der Waals surface area (Å²) in [6.45, 7) is 5.20. The minimum Gasteiger partial charge on any atom is -0.453 e. The lowest BCUT2D eigenvalue weighted by Crippen LogP contribution is -2.44. The highest BCUT2D eigenvalue weighted by Crippen LogP contribution is 2.30. The third-order valence-corrected chi connectivity index (χ3v) is 5.19. The smallest absolute Gasteiger partial charge is 0.201 e. The van der Waals surface area contributed by atoms with Crippen molar-refractivity contribution in [1.82, 2.24) is 20.7 Å². The summed E-state index contributed by atoms with van der Waals surface area (Å²) < 4.78 is 32.8. The first-order valence-corrected chi connectivity index (χ1v) is 9.16. The Morgan fingerprint density at radius 3 is 2.83 bits per heavy atom. The highest BCUT2D eigenvalue weighted by atomic mass is 19.2. The largest absolute Gasteiger partial charge is 0.453 e. The maximum absolute atomic E-state index is 13.9. The van der Waals surface area contributed by atoms with Gasteiger partial charge in [0, 0.05) is 25.2 Å². The van der Waals surface area contributed by atoms with E-state index in [1.165, 1.54) is 18.3 Å². The first-order chi connectivity index (χ1) is 14.0. The Balaban J connectivity index is 1.59. The lowest BCUT2D eigenvalue weighted by Gasteiger charge is -2.36. The third-order valence-electron chi connectivity index (χ3n) is 5.19. The van der Waals surface area contributed by atoms with Gasteiger partial charge in [-0.05, 0) is 48.8 Å². The van der Waals surface area contributed by atoms with Crippen LogP contribution in [0.5, 0.6) is 11.5 Å². The Bertz CT molecular complexity index is 1090. The number of benzene rings is 1. The maximum atomic E-state index is 13.9. The number of pyridine rings is 1. The minimum atomic E-state index is -1.03. The highest BCUT2D eigenvalue weighted by molar-refractivity contribution is 5.43. The first kappa shape index (κ1) is 18.7. The molecule has 3 heterocycles. The Kier molecular flexibility index (Phi) is 4.80. The van der Waals surface area contributed by atoms with Gasteiger partial charge in [-0.25, -0.2) is 4.39 Å². The van der Waals surface area contributed by atoms with Gasteiger partial charge >= 0.3 is 0 Å². The van der Waals surface area contributed by atoms with Crippen LogP contribution < -0.4 is 15.6 Å². The Morgan fingerprint density at radius 2 is 2.03 bits per heavy atom. The molecule has 0 unspecified atom stereocenters. The van der Waals surface area contributed by atoms with Crippen LogP contribution in [0.1, 0.15) is 25.1 Å². The molecule has 0 saturated heterocycles. The fraction of sp³-hybridized carbons (Fsp3) is 0.238. The monoisotopic (exact) mass is 395 g/mol. The maximum Gasteiger partial charge on any atom is 0.201 e. The molecule has 8 heteroatoms.